The molecular formula is C15H24N2O3. The first-order valence-corrected chi connectivity index (χ1v) is 7.08. The predicted molar refractivity (Wildman–Crippen MR) is 78.2 cm³/mol. The summed E-state index contributed by atoms with van der Waals surface area (Å²) in [5, 5.41) is 13.2. The highest BCUT2D eigenvalue weighted by molar-refractivity contribution is 5.41. The number of aromatic hydroxyl groups is 1. The number of hydrogen-bond donors (Lipinski definition) is 2. The van der Waals surface area contributed by atoms with Gasteiger partial charge in [0.2, 0.25) is 0 Å². The zero-order chi connectivity index (χ0) is 14.4. The molecule has 0 aromatic heterocycles. The van der Waals surface area contributed by atoms with E-state index in [2.05, 4.69) is 17.1 Å². The van der Waals surface area contributed by atoms with Crippen LogP contribution < -0.4 is 10.1 Å². The fourth-order valence-corrected chi connectivity index (χ4v) is 2.37. The predicted octanol–water partition coefficient (Wildman–Crippen LogP) is 1.21. The van der Waals surface area contributed by atoms with Gasteiger partial charge < -0.3 is 19.9 Å². The molecule has 20 heavy (non-hydrogen) atoms. The molecule has 1 fully saturated rings. The second-order valence-corrected chi connectivity index (χ2v) is 5.20. The van der Waals surface area contributed by atoms with Gasteiger partial charge in [0, 0.05) is 32.2 Å². The number of nitrogens with one attached hydrogen (secondary N) is 1. The second-order valence-electron chi connectivity index (χ2n) is 5.20. The van der Waals surface area contributed by atoms with Crippen LogP contribution in [-0.2, 0) is 11.3 Å². The Bertz CT molecular complexity index is 420. The third-order valence-corrected chi connectivity index (χ3v) is 3.53. The lowest BCUT2D eigenvalue weighted by Gasteiger charge is -2.29. The van der Waals surface area contributed by atoms with Crippen molar-refractivity contribution in [2.45, 2.75) is 19.5 Å². The Morgan fingerprint density at radius 3 is 2.80 bits per heavy atom. The number of phenols is 1. The molecule has 1 unspecified atom stereocenters. The molecular weight excluding hydrogens is 256 g/mol. The minimum atomic E-state index is 0.188. The van der Waals surface area contributed by atoms with Crippen LogP contribution in [-0.4, -0.2) is 56.0 Å². The minimum absolute atomic E-state index is 0.188. The van der Waals surface area contributed by atoms with Gasteiger partial charge in [0.05, 0.1) is 20.3 Å². The topological polar surface area (TPSA) is 54.0 Å². The molecule has 2 N–H and O–H groups in total. The van der Waals surface area contributed by atoms with Gasteiger partial charge in [-0.1, -0.05) is 6.07 Å². The van der Waals surface area contributed by atoms with Crippen molar-refractivity contribution in [2.75, 3.05) is 40.0 Å². The molecule has 0 radical (unpaired) electrons. The molecule has 1 aliphatic heterocycles. The Kier molecular flexibility index (Phi) is 5.64. The number of benzene rings is 1. The maximum absolute atomic E-state index is 9.74. The molecule has 1 heterocycles. The number of ether oxygens (including phenoxy) is 2. The number of nitrogens with zero attached hydrogens (tertiary/aromatic N) is 1. The van der Waals surface area contributed by atoms with Gasteiger partial charge in [-0.3, -0.25) is 4.90 Å². The normalized spacial score (nSPS) is 17.9. The summed E-state index contributed by atoms with van der Waals surface area (Å²) in [5.41, 5.74) is 1.05. The third kappa shape index (κ3) is 4.37. The molecule has 0 aliphatic carbocycles. The lowest BCUT2D eigenvalue weighted by Crippen LogP contribution is -2.44. The first kappa shape index (κ1) is 15.1. The molecule has 0 bridgehead atoms. The van der Waals surface area contributed by atoms with Crippen LogP contribution in [0.1, 0.15) is 12.5 Å². The largest absolute Gasteiger partial charge is 0.504 e. The summed E-state index contributed by atoms with van der Waals surface area (Å²) >= 11 is 0. The van der Waals surface area contributed by atoms with Gasteiger partial charge in [0.25, 0.3) is 0 Å². The summed E-state index contributed by atoms with van der Waals surface area (Å²) < 4.78 is 10.4. The SMILES string of the molecule is COc1ccc(CNC(C)CN2CCOCC2)cc1O. The molecule has 1 atom stereocenters. The molecule has 1 aromatic rings. The zero-order valence-electron chi connectivity index (χ0n) is 12.3. The van der Waals surface area contributed by atoms with Crippen molar-refractivity contribution in [2.24, 2.45) is 0 Å². The number of rotatable bonds is 6. The minimum Gasteiger partial charge on any atom is -0.504 e. The molecule has 5 heteroatoms. The number of methoxy groups -OCH3 is 1. The highest BCUT2D eigenvalue weighted by Crippen LogP contribution is 2.26. The van der Waals surface area contributed by atoms with Gasteiger partial charge in [-0.25, -0.2) is 0 Å². The first-order valence-electron chi connectivity index (χ1n) is 7.08. The molecule has 112 valence electrons. The standard InChI is InChI=1S/C15H24N2O3/c1-12(11-17-5-7-20-8-6-17)16-10-13-3-4-15(19-2)14(18)9-13/h3-4,9,12,16,18H,5-8,10-11H2,1-2H3. The Balaban J connectivity index is 1.77. The highest BCUT2D eigenvalue weighted by atomic mass is 16.5. The summed E-state index contributed by atoms with van der Waals surface area (Å²) in [5.74, 6) is 0.697. The van der Waals surface area contributed by atoms with E-state index < -0.39 is 0 Å². The fourth-order valence-electron chi connectivity index (χ4n) is 2.37. The van der Waals surface area contributed by atoms with Crippen LogP contribution in [0, 0.1) is 0 Å². The Morgan fingerprint density at radius 2 is 2.15 bits per heavy atom. The summed E-state index contributed by atoms with van der Waals surface area (Å²) in [6, 6.07) is 5.90. The van der Waals surface area contributed by atoms with E-state index in [0.29, 0.717) is 11.8 Å². The monoisotopic (exact) mass is 280 g/mol. The maximum Gasteiger partial charge on any atom is 0.160 e. The van der Waals surface area contributed by atoms with E-state index in [-0.39, 0.29) is 5.75 Å². The van der Waals surface area contributed by atoms with Crippen LogP contribution in [0.25, 0.3) is 0 Å². The number of hydrogen-bond acceptors (Lipinski definition) is 5. The molecule has 0 spiro atoms. The molecule has 0 amide bonds. The van der Waals surface area contributed by atoms with E-state index in [1.54, 1.807) is 19.2 Å². The zero-order valence-corrected chi connectivity index (χ0v) is 12.3. The maximum atomic E-state index is 9.74. The number of morpholine rings is 1. The molecule has 1 saturated heterocycles. The van der Waals surface area contributed by atoms with Gasteiger partial charge in [-0.2, -0.15) is 0 Å². The van der Waals surface area contributed by atoms with E-state index in [1.165, 1.54) is 0 Å². The van der Waals surface area contributed by atoms with Gasteiger partial charge in [0.15, 0.2) is 11.5 Å². The Labute approximate surface area is 120 Å². The Morgan fingerprint density at radius 1 is 1.40 bits per heavy atom. The van der Waals surface area contributed by atoms with Crippen LogP contribution >= 0.6 is 0 Å². The van der Waals surface area contributed by atoms with Crippen LogP contribution in [0.3, 0.4) is 0 Å². The van der Waals surface area contributed by atoms with Crippen molar-refractivity contribution in [3.63, 3.8) is 0 Å². The van der Waals surface area contributed by atoms with Crippen molar-refractivity contribution in [1.82, 2.24) is 10.2 Å². The van der Waals surface area contributed by atoms with E-state index in [1.807, 2.05) is 6.07 Å². The van der Waals surface area contributed by atoms with E-state index >= 15 is 0 Å². The fraction of sp³-hybridized carbons (Fsp3) is 0.600. The molecule has 1 aliphatic rings. The average molecular weight is 280 g/mol. The van der Waals surface area contributed by atoms with Crippen molar-refractivity contribution < 1.29 is 14.6 Å². The van der Waals surface area contributed by atoms with E-state index in [9.17, 15) is 5.11 Å². The van der Waals surface area contributed by atoms with Crippen LogP contribution in [0.5, 0.6) is 11.5 Å². The van der Waals surface area contributed by atoms with Gasteiger partial charge in [0.1, 0.15) is 0 Å². The first-order chi connectivity index (χ1) is 9.69. The van der Waals surface area contributed by atoms with Gasteiger partial charge in [-0.05, 0) is 24.6 Å². The quantitative estimate of drug-likeness (QED) is 0.820. The Hall–Kier alpha value is -1.30. The molecule has 1 aromatic carbocycles. The van der Waals surface area contributed by atoms with Gasteiger partial charge >= 0.3 is 0 Å². The van der Waals surface area contributed by atoms with Crippen LogP contribution in [0.4, 0.5) is 0 Å². The van der Waals surface area contributed by atoms with Crippen molar-refractivity contribution in [3.05, 3.63) is 23.8 Å². The molecule has 0 saturated carbocycles. The van der Waals surface area contributed by atoms with Crippen molar-refractivity contribution in [1.29, 1.82) is 0 Å². The summed E-state index contributed by atoms with van der Waals surface area (Å²) in [4.78, 5) is 2.41. The average Bonchev–Trinajstić information content (AvgIpc) is 2.46. The van der Waals surface area contributed by atoms with Gasteiger partial charge in [-0.15, -0.1) is 0 Å². The summed E-state index contributed by atoms with van der Waals surface area (Å²) in [7, 11) is 1.55. The lowest BCUT2D eigenvalue weighted by atomic mass is 10.2. The number of phenolic OH excluding ortho intramolecular Hbond substituents is 1. The lowest BCUT2D eigenvalue weighted by molar-refractivity contribution is 0.0343. The second kappa shape index (κ2) is 7.47. The van der Waals surface area contributed by atoms with E-state index in [4.69, 9.17) is 9.47 Å². The smallest absolute Gasteiger partial charge is 0.160 e. The molecule has 5 nitrogen and oxygen atoms in total. The highest BCUT2D eigenvalue weighted by Gasteiger charge is 2.13. The van der Waals surface area contributed by atoms with Crippen molar-refractivity contribution in [3.8, 4) is 11.5 Å². The third-order valence-electron chi connectivity index (χ3n) is 3.53. The van der Waals surface area contributed by atoms with E-state index in [0.717, 1.165) is 45.0 Å². The summed E-state index contributed by atoms with van der Waals surface area (Å²) in [6.45, 7) is 7.62. The molecule has 2 rings (SSSR count). The van der Waals surface area contributed by atoms with Crippen LogP contribution in [0.15, 0.2) is 18.2 Å². The van der Waals surface area contributed by atoms with Crippen molar-refractivity contribution >= 4 is 0 Å². The van der Waals surface area contributed by atoms with Crippen LogP contribution in [0.2, 0.25) is 0 Å². The summed E-state index contributed by atoms with van der Waals surface area (Å²) in [6.07, 6.45) is 0.